The van der Waals surface area contributed by atoms with E-state index >= 15 is 0 Å². The summed E-state index contributed by atoms with van der Waals surface area (Å²) >= 11 is 6.15. The third-order valence-corrected chi connectivity index (χ3v) is 6.00. The van der Waals surface area contributed by atoms with Crippen LogP contribution in [0.5, 0.6) is 11.5 Å². The predicted octanol–water partition coefficient (Wildman–Crippen LogP) is 4.20. The van der Waals surface area contributed by atoms with Gasteiger partial charge >= 0.3 is 5.97 Å². The van der Waals surface area contributed by atoms with Gasteiger partial charge in [0, 0.05) is 5.02 Å². The van der Waals surface area contributed by atoms with E-state index in [1.165, 1.54) is 12.1 Å². The molecule has 0 aromatic heterocycles. The number of amides is 2. The molecule has 1 aliphatic carbocycles. The average molecular weight is 440 g/mol. The van der Waals surface area contributed by atoms with Gasteiger partial charge in [0.05, 0.1) is 31.1 Å². The molecule has 160 valence electrons. The van der Waals surface area contributed by atoms with Gasteiger partial charge in [0.15, 0.2) is 5.75 Å². The van der Waals surface area contributed by atoms with Crippen molar-refractivity contribution in [2.75, 3.05) is 12.0 Å². The lowest BCUT2D eigenvalue weighted by Gasteiger charge is -2.22. The monoisotopic (exact) mass is 439 g/mol. The molecule has 2 aromatic rings. The summed E-state index contributed by atoms with van der Waals surface area (Å²) in [5, 5.41) is 0.339. The number of allylic oxidation sites excluding steroid dienone is 2. The number of benzene rings is 2. The lowest BCUT2D eigenvalue weighted by atomic mass is 9.78. The first-order valence-corrected chi connectivity index (χ1v) is 10.4. The number of hydrogen-bond acceptors (Lipinski definition) is 5. The smallest absolute Gasteiger partial charge is 0.315 e. The van der Waals surface area contributed by atoms with Crippen molar-refractivity contribution in [3.05, 3.63) is 65.2 Å². The molecule has 0 radical (unpaired) electrons. The van der Waals surface area contributed by atoms with Crippen LogP contribution in [0, 0.1) is 17.8 Å². The molecule has 0 saturated carbocycles. The van der Waals surface area contributed by atoms with E-state index in [4.69, 9.17) is 21.1 Å². The number of halogens is 1. The molecule has 0 spiro atoms. The van der Waals surface area contributed by atoms with Crippen LogP contribution in [0.1, 0.15) is 18.9 Å². The van der Waals surface area contributed by atoms with E-state index in [-0.39, 0.29) is 35.6 Å². The lowest BCUT2D eigenvalue weighted by molar-refractivity contribution is -0.134. The van der Waals surface area contributed by atoms with Gasteiger partial charge in [-0.05, 0) is 48.2 Å². The molecule has 2 aliphatic rings. The number of anilines is 1. The number of ether oxygens (including phenoxy) is 2. The van der Waals surface area contributed by atoms with Crippen LogP contribution in [0.2, 0.25) is 5.02 Å². The Morgan fingerprint density at radius 3 is 2.55 bits per heavy atom. The molecule has 2 aromatic carbocycles. The van der Waals surface area contributed by atoms with Gasteiger partial charge in [-0.2, -0.15) is 0 Å². The Bertz CT molecular complexity index is 1060. The summed E-state index contributed by atoms with van der Waals surface area (Å²) in [7, 11) is 1.57. The SMILES string of the molecule is COc1ccc(CC(=O)Oc2ccc(Cl)cc2N2C(=O)C3CC=CC(C)C3C2=O)cc1. The van der Waals surface area contributed by atoms with Gasteiger partial charge in [0.1, 0.15) is 5.75 Å². The summed E-state index contributed by atoms with van der Waals surface area (Å²) in [6, 6.07) is 11.6. The molecular formula is C24H22ClNO5. The van der Waals surface area contributed by atoms with Crippen LogP contribution in [0.25, 0.3) is 0 Å². The van der Waals surface area contributed by atoms with Crippen molar-refractivity contribution in [3.63, 3.8) is 0 Å². The minimum Gasteiger partial charge on any atom is -0.497 e. The number of hydrogen-bond donors (Lipinski definition) is 0. The Labute approximate surface area is 185 Å². The van der Waals surface area contributed by atoms with Gasteiger partial charge in [-0.3, -0.25) is 14.4 Å². The Morgan fingerprint density at radius 1 is 1.13 bits per heavy atom. The maximum Gasteiger partial charge on any atom is 0.315 e. The summed E-state index contributed by atoms with van der Waals surface area (Å²) in [5.74, 6) is -1.14. The average Bonchev–Trinajstić information content (AvgIpc) is 3.01. The van der Waals surface area contributed by atoms with Gasteiger partial charge in [-0.15, -0.1) is 0 Å². The van der Waals surface area contributed by atoms with Crippen LogP contribution in [-0.4, -0.2) is 24.9 Å². The van der Waals surface area contributed by atoms with Crippen LogP contribution in [0.15, 0.2) is 54.6 Å². The molecule has 0 bridgehead atoms. The van der Waals surface area contributed by atoms with E-state index in [2.05, 4.69) is 0 Å². The molecule has 1 fully saturated rings. The molecule has 1 heterocycles. The largest absolute Gasteiger partial charge is 0.497 e. The zero-order valence-corrected chi connectivity index (χ0v) is 18.0. The summed E-state index contributed by atoms with van der Waals surface area (Å²) in [5.41, 5.74) is 0.952. The molecule has 7 heteroatoms. The lowest BCUT2D eigenvalue weighted by Crippen LogP contribution is -2.32. The number of fused-ring (bicyclic) bond motifs is 1. The molecule has 31 heavy (non-hydrogen) atoms. The van der Waals surface area contributed by atoms with E-state index in [9.17, 15) is 14.4 Å². The highest BCUT2D eigenvalue weighted by Gasteiger charge is 2.51. The second-order valence-corrected chi connectivity index (χ2v) is 8.21. The highest BCUT2D eigenvalue weighted by atomic mass is 35.5. The van der Waals surface area contributed by atoms with E-state index in [0.29, 0.717) is 17.2 Å². The number of carbonyl (C=O) groups excluding carboxylic acids is 3. The summed E-state index contributed by atoms with van der Waals surface area (Å²) in [6.45, 7) is 1.93. The molecule has 3 unspecified atom stereocenters. The number of carbonyl (C=O) groups is 3. The summed E-state index contributed by atoms with van der Waals surface area (Å²) < 4.78 is 10.7. The first-order chi connectivity index (χ1) is 14.9. The van der Waals surface area contributed by atoms with Crippen molar-refractivity contribution in [2.45, 2.75) is 19.8 Å². The van der Waals surface area contributed by atoms with Gasteiger partial charge in [-0.1, -0.05) is 42.8 Å². The van der Waals surface area contributed by atoms with Crippen LogP contribution >= 0.6 is 11.6 Å². The second kappa shape index (κ2) is 8.55. The minimum atomic E-state index is -0.514. The predicted molar refractivity (Wildman–Crippen MR) is 116 cm³/mol. The molecular weight excluding hydrogens is 418 g/mol. The zero-order chi connectivity index (χ0) is 22.1. The Balaban J connectivity index is 1.58. The van der Waals surface area contributed by atoms with Crippen molar-refractivity contribution in [1.82, 2.24) is 0 Å². The van der Waals surface area contributed by atoms with Crippen molar-refractivity contribution < 1.29 is 23.9 Å². The Hall–Kier alpha value is -3.12. The quantitative estimate of drug-likeness (QED) is 0.302. The number of methoxy groups -OCH3 is 1. The van der Waals surface area contributed by atoms with Crippen LogP contribution in [0.3, 0.4) is 0 Å². The molecule has 1 saturated heterocycles. The fourth-order valence-electron chi connectivity index (χ4n) is 4.21. The summed E-state index contributed by atoms with van der Waals surface area (Å²) in [4.78, 5) is 39.9. The van der Waals surface area contributed by atoms with Crippen molar-refractivity contribution in [2.24, 2.45) is 17.8 Å². The Morgan fingerprint density at radius 2 is 1.87 bits per heavy atom. The van der Waals surface area contributed by atoms with Crippen LogP contribution in [0.4, 0.5) is 5.69 Å². The number of rotatable bonds is 5. The summed E-state index contributed by atoms with van der Waals surface area (Å²) in [6.07, 6.45) is 4.45. The van der Waals surface area contributed by atoms with Gasteiger partial charge in [0.2, 0.25) is 11.8 Å². The van der Waals surface area contributed by atoms with Gasteiger partial charge in [0.25, 0.3) is 0 Å². The number of nitrogens with zero attached hydrogens (tertiary/aromatic N) is 1. The van der Waals surface area contributed by atoms with E-state index in [0.717, 1.165) is 10.5 Å². The fourth-order valence-corrected chi connectivity index (χ4v) is 4.37. The topological polar surface area (TPSA) is 72.9 Å². The number of imide groups is 1. The second-order valence-electron chi connectivity index (χ2n) is 7.78. The van der Waals surface area contributed by atoms with Gasteiger partial charge < -0.3 is 9.47 Å². The number of esters is 1. The molecule has 3 atom stereocenters. The molecule has 0 N–H and O–H groups in total. The highest BCUT2D eigenvalue weighted by molar-refractivity contribution is 6.31. The molecule has 6 nitrogen and oxygen atoms in total. The van der Waals surface area contributed by atoms with E-state index < -0.39 is 17.8 Å². The standard InChI is InChI=1S/C24H22ClNO5/c1-14-4-3-5-18-22(14)24(29)26(23(18)28)19-13-16(25)8-11-20(19)31-21(27)12-15-6-9-17(30-2)10-7-15/h3-4,6-11,13-14,18,22H,5,12H2,1-2H3. The van der Waals surface area contributed by atoms with E-state index in [1.807, 2.05) is 19.1 Å². The van der Waals surface area contributed by atoms with E-state index in [1.54, 1.807) is 37.4 Å². The maximum atomic E-state index is 13.1. The molecule has 1 aliphatic heterocycles. The Kier molecular flexibility index (Phi) is 5.83. The fraction of sp³-hybridized carbons (Fsp3) is 0.292. The first kappa shape index (κ1) is 21.1. The van der Waals surface area contributed by atoms with Crippen molar-refractivity contribution >= 4 is 35.1 Å². The van der Waals surface area contributed by atoms with Gasteiger partial charge in [-0.25, -0.2) is 4.90 Å². The maximum absolute atomic E-state index is 13.1. The zero-order valence-electron chi connectivity index (χ0n) is 17.2. The highest BCUT2D eigenvalue weighted by Crippen LogP contribution is 2.43. The van der Waals surface area contributed by atoms with Crippen LogP contribution in [-0.2, 0) is 20.8 Å². The molecule has 2 amide bonds. The van der Waals surface area contributed by atoms with Crippen molar-refractivity contribution in [3.8, 4) is 11.5 Å². The third kappa shape index (κ3) is 4.08. The third-order valence-electron chi connectivity index (χ3n) is 5.77. The molecule has 4 rings (SSSR count). The van der Waals surface area contributed by atoms with Crippen molar-refractivity contribution in [1.29, 1.82) is 0 Å². The minimum absolute atomic E-state index is 0.0279. The normalized spacial score (nSPS) is 22.4. The van der Waals surface area contributed by atoms with Crippen LogP contribution < -0.4 is 14.4 Å². The first-order valence-electron chi connectivity index (χ1n) is 10.1.